The molecule has 0 saturated carbocycles. The molecule has 4 heterocycles. The maximum atomic E-state index is 12.9. The molecule has 1 N–H and O–H groups in total. The molecule has 3 aliphatic rings. The highest BCUT2D eigenvalue weighted by Crippen LogP contribution is 2.34. The molecule has 1 fully saturated rings. The van der Waals surface area contributed by atoms with Crippen LogP contribution in [-0.2, 0) is 9.59 Å². The molecule has 0 radical (unpaired) electrons. The summed E-state index contributed by atoms with van der Waals surface area (Å²) in [4.78, 5) is 31.3. The number of halogens is 2. The van der Waals surface area contributed by atoms with Gasteiger partial charge < -0.3 is 9.47 Å². The van der Waals surface area contributed by atoms with Crippen LogP contribution >= 0.6 is 35.0 Å². The number of aromatic nitrogens is 1. The van der Waals surface area contributed by atoms with Crippen LogP contribution in [0.2, 0.25) is 10.0 Å². The van der Waals surface area contributed by atoms with Gasteiger partial charge in [-0.2, -0.15) is 15.1 Å². The minimum atomic E-state index is -0.512. The molecule has 180 valence electrons. The van der Waals surface area contributed by atoms with Crippen LogP contribution in [0.4, 0.5) is 0 Å². The van der Waals surface area contributed by atoms with Crippen LogP contribution in [0, 0.1) is 19.3 Å². The molecule has 2 aromatic rings. The van der Waals surface area contributed by atoms with Gasteiger partial charge in [0.15, 0.2) is 5.84 Å². The Labute approximate surface area is 216 Å². The summed E-state index contributed by atoms with van der Waals surface area (Å²) in [6, 6.07) is 7.34. The highest BCUT2D eigenvalue weighted by Gasteiger charge is 2.36. The number of carbonyl (C=O) groups is 2. The van der Waals surface area contributed by atoms with Crippen LogP contribution < -0.4 is 0 Å². The Bertz CT molecular complexity index is 1370. The summed E-state index contributed by atoms with van der Waals surface area (Å²) < 4.78 is 1.96. The van der Waals surface area contributed by atoms with Gasteiger partial charge in [-0.15, -0.1) is 0 Å². The molecule has 0 bridgehead atoms. The second-order valence-corrected chi connectivity index (χ2v) is 10.3. The van der Waals surface area contributed by atoms with Gasteiger partial charge >= 0.3 is 0 Å². The van der Waals surface area contributed by atoms with Crippen molar-refractivity contribution >= 4 is 68.9 Å². The van der Waals surface area contributed by atoms with Gasteiger partial charge in [0.05, 0.1) is 27.7 Å². The Morgan fingerprint density at radius 1 is 1.23 bits per heavy atom. The Kier molecular flexibility index (Phi) is 6.33. The molecule has 0 unspecified atom stereocenters. The number of likely N-dealkylation sites (tertiary alicyclic amines) is 1. The van der Waals surface area contributed by atoms with Gasteiger partial charge in [-0.3, -0.25) is 15.0 Å². The minimum absolute atomic E-state index is 0.00920. The van der Waals surface area contributed by atoms with E-state index in [2.05, 4.69) is 10.1 Å². The van der Waals surface area contributed by atoms with E-state index in [1.54, 1.807) is 12.1 Å². The third kappa shape index (κ3) is 4.32. The van der Waals surface area contributed by atoms with Crippen LogP contribution in [0.1, 0.15) is 36.2 Å². The maximum absolute atomic E-state index is 12.9. The normalized spacial score (nSPS) is 18.9. The zero-order chi connectivity index (χ0) is 24.9. The first-order valence-electron chi connectivity index (χ1n) is 11.1. The first kappa shape index (κ1) is 23.8. The third-order valence-corrected chi connectivity index (χ3v) is 7.92. The number of hydrogen-bond acceptors (Lipinski definition) is 5. The molecule has 2 amide bonds. The maximum Gasteiger partial charge on any atom is 0.283 e. The summed E-state index contributed by atoms with van der Waals surface area (Å²) in [5.41, 5.74) is 3.35. The number of hydrazone groups is 1. The second-order valence-electron chi connectivity index (χ2n) is 8.51. The summed E-state index contributed by atoms with van der Waals surface area (Å²) in [5, 5.41) is 16.1. The Hall–Kier alpha value is -2.88. The van der Waals surface area contributed by atoms with Crippen molar-refractivity contribution in [3.05, 3.63) is 56.8 Å². The van der Waals surface area contributed by atoms with Crippen LogP contribution in [0.3, 0.4) is 0 Å². The molecular weight excluding hydrogens is 507 g/mol. The van der Waals surface area contributed by atoms with E-state index in [4.69, 9.17) is 28.6 Å². The number of benzene rings is 1. The summed E-state index contributed by atoms with van der Waals surface area (Å²) in [7, 11) is 0. The van der Waals surface area contributed by atoms with Crippen molar-refractivity contribution in [2.24, 2.45) is 10.1 Å². The molecule has 1 aromatic carbocycles. The SMILES string of the molecule is Cc1cc(C=C2C(=N)N3N=C(CC(=O)N4CCCC4)SC3=NC2=O)c(C)n1-c1cccc(Cl)c1Cl. The number of nitrogens with zero attached hydrogens (tertiary/aromatic N) is 5. The molecule has 5 rings (SSSR count). The summed E-state index contributed by atoms with van der Waals surface area (Å²) in [6.45, 7) is 5.37. The lowest BCUT2D eigenvalue weighted by atomic mass is 10.1. The highest BCUT2D eigenvalue weighted by atomic mass is 35.5. The number of fused-ring (bicyclic) bond motifs is 1. The molecule has 1 saturated heterocycles. The van der Waals surface area contributed by atoms with Crippen molar-refractivity contribution in [3.63, 3.8) is 0 Å². The Morgan fingerprint density at radius 2 is 1.97 bits per heavy atom. The van der Waals surface area contributed by atoms with Crippen molar-refractivity contribution in [2.75, 3.05) is 13.1 Å². The monoisotopic (exact) mass is 528 g/mol. The fourth-order valence-electron chi connectivity index (χ4n) is 4.44. The number of carbonyl (C=O) groups excluding carboxylic acids is 2. The van der Waals surface area contributed by atoms with Crippen molar-refractivity contribution in [1.82, 2.24) is 14.5 Å². The lowest BCUT2D eigenvalue weighted by molar-refractivity contribution is -0.128. The number of nitrogens with one attached hydrogen (secondary N) is 1. The zero-order valence-electron chi connectivity index (χ0n) is 19.1. The average Bonchev–Trinajstić information content (AvgIpc) is 3.54. The van der Waals surface area contributed by atoms with E-state index in [0.29, 0.717) is 20.3 Å². The predicted octanol–water partition coefficient (Wildman–Crippen LogP) is 5.03. The van der Waals surface area contributed by atoms with Gasteiger partial charge in [-0.1, -0.05) is 29.3 Å². The smallest absolute Gasteiger partial charge is 0.283 e. The number of amides is 2. The standard InChI is InChI=1S/C24H22Cl2N6O2S/c1-13-10-15(14(2)31(13)18-7-5-6-17(25)21(18)26)11-16-22(27)32-24(28-23(16)34)35-19(29-32)12-20(33)30-8-3-4-9-30/h5-7,10-11,27H,3-4,8-9,12H2,1-2H3. The second kappa shape index (κ2) is 9.29. The number of aliphatic imine (C=N–C) groups is 1. The average molecular weight is 529 g/mol. The molecule has 0 spiro atoms. The van der Waals surface area contributed by atoms with E-state index in [1.807, 2.05) is 41.5 Å². The highest BCUT2D eigenvalue weighted by molar-refractivity contribution is 8.27. The van der Waals surface area contributed by atoms with E-state index >= 15 is 0 Å². The molecular formula is C24H22Cl2N6O2S. The van der Waals surface area contributed by atoms with Crippen molar-refractivity contribution in [2.45, 2.75) is 33.1 Å². The minimum Gasteiger partial charge on any atom is -0.342 e. The van der Waals surface area contributed by atoms with E-state index in [-0.39, 0.29) is 23.7 Å². The van der Waals surface area contributed by atoms with Crippen molar-refractivity contribution < 1.29 is 9.59 Å². The van der Waals surface area contributed by atoms with Crippen molar-refractivity contribution in [3.8, 4) is 5.69 Å². The fraction of sp³-hybridized carbons (Fsp3) is 0.292. The quantitative estimate of drug-likeness (QED) is 0.562. The number of hydrogen-bond donors (Lipinski definition) is 1. The van der Waals surface area contributed by atoms with E-state index in [1.165, 1.54) is 16.8 Å². The largest absolute Gasteiger partial charge is 0.342 e. The van der Waals surface area contributed by atoms with Crippen LogP contribution in [-0.4, -0.2) is 55.4 Å². The first-order valence-corrected chi connectivity index (χ1v) is 12.7. The molecule has 3 aliphatic heterocycles. The van der Waals surface area contributed by atoms with Crippen LogP contribution in [0.15, 0.2) is 39.9 Å². The van der Waals surface area contributed by atoms with Gasteiger partial charge in [0.2, 0.25) is 11.1 Å². The molecule has 0 aliphatic carbocycles. The topological polar surface area (TPSA) is 94.1 Å². The summed E-state index contributed by atoms with van der Waals surface area (Å²) in [6.07, 6.45) is 3.82. The third-order valence-electron chi connectivity index (χ3n) is 6.20. The Balaban J connectivity index is 1.43. The van der Waals surface area contributed by atoms with E-state index in [9.17, 15) is 9.59 Å². The summed E-state index contributed by atoms with van der Waals surface area (Å²) in [5.74, 6) is -0.571. The van der Waals surface area contributed by atoms with E-state index < -0.39 is 5.91 Å². The zero-order valence-corrected chi connectivity index (χ0v) is 21.5. The lowest BCUT2D eigenvalue weighted by Crippen LogP contribution is -2.35. The van der Waals surface area contributed by atoms with Gasteiger partial charge in [0, 0.05) is 24.5 Å². The molecule has 8 nitrogen and oxygen atoms in total. The lowest BCUT2D eigenvalue weighted by Gasteiger charge is -2.20. The number of thioether (sulfide) groups is 1. The number of aryl methyl sites for hydroxylation is 1. The molecule has 35 heavy (non-hydrogen) atoms. The molecule has 1 aromatic heterocycles. The van der Waals surface area contributed by atoms with Crippen LogP contribution in [0.5, 0.6) is 0 Å². The number of rotatable bonds is 4. The van der Waals surface area contributed by atoms with Crippen molar-refractivity contribution in [1.29, 1.82) is 5.41 Å². The molecule has 0 atom stereocenters. The molecule has 11 heteroatoms. The first-order chi connectivity index (χ1) is 16.7. The van der Waals surface area contributed by atoms with Crippen LogP contribution in [0.25, 0.3) is 11.8 Å². The van der Waals surface area contributed by atoms with Gasteiger partial charge in [-0.05, 0) is 68.3 Å². The number of amidine groups is 2. The Morgan fingerprint density at radius 3 is 2.71 bits per heavy atom. The van der Waals surface area contributed by atoms with E-state index in [0.717, 1.165) is 48.6 Å². The van der Waals surface area contributed by atoms with Gasteiger partial charge in [-0.25, -0.2) is 0 Å². The van der Waals surface area contributed by atoms with Gasteiger partial charge in [0.25, 0.3) is 5.91 Å². The van der Waals surface area contributed by atoms with Gasteiger partial charge in [0.1, 0.15) is 5.04 Å². The fourth-order valence-corrected chi connectivity index (χ4v) is 5.69. The summed E-state index contributed by atoms with van der Waals surface area (Å²) >= 11 is 13.8. The predicted molar refractivity (Wildman–Crippen MR) is 141 cm³/mol.